The maximum Gasteiger partial charge on any atom is 0.0443 e. The third-order valence-corrected chi connectivity index (χ3v) is 11.4. The quantitative estimate of drug-likeness (QED) is 0.0840. The van der Waals surface area contributed by atoms with Crippen LogP contribution in [-0.2, 0) is 13.1 Å². The topological polar surface area (TPSA) is 48.1 Å². The van der Waals surface area contributed by atoms with Gasteiger partial charge in [0.1, 0.15) is 0 Å². The lowest BCUT2D eigenvalue weighted by Gasteiger charge is -2.24. The monoisotopic (exact) mass is 736 g/mol. The molecule has 1 unspecified atom stereocenters. The summed E-state index contributed by atoms with van der Waals surface area (Å²) in [7, 11) is 2.01. The molecule has 0 aliphatic heterocycles. The van der Waals surface area contributed by atoms with Crippen molar-refractivity contribution in [1.29, 1.82) is 0 Å². The first-order valence-corrected chi connectivity index (χ1v) is 20.1. The van der Waals surface area contributed by atoms with E-state index >= 15 is 0 Å². The summed E-state index contributed by atoms with van der Waals surface area (Å²) in [6.07, 6.45) is 1.15. The lowest BCUT2D eigenvalue weighted by atomic mass is 9.82. The van der Waals surface area contributed by atoms with Crippen molar-refractivity contribution < 1.29 is 0 Å². The van der Waals surface area contributed by atoms with Gasteiger partial charge in [-0.1, -0.05) is 117 Å². The van der Waals surface area contributed by atoms with Crippen LogP contribution < -0.4 is 21.3 Å². The molecule has 0 heterocycles. The molecule has 1 atom stereocenters. The van der Waals surface area contributed by atoms with Crippen molar-refractivity contribution in [3.63, 3.8) is 0 Å². The van der Waals surface area contributed by atoms with Crippen LogP contribution in [0.5, 0.6) is 0 Å². The Morgan fingerprint density at radius 2 is 1.00 bits per heavy atom. The van der Waals surface area contributed by atoms with Crippen LogP contribution in [0.2, 0.25) is 0 Å². The molecule has 7 aromatic rings. The van der Waals surface area contributed by atoms with Gasteiger partial charge in [0.25, 0.3) is 0 Å². The maximum absolute atomic E-state index is 3.82. The summed E-state index contributed by atoms with van der Waals surface area (Å²) in [5.74, 6) is 0.583. The van der Waals surface area contributed by atoms with Crippen LogP contribution in [0.4, 0.5) is 28.4 Å². The van der Waals surface area contributed by atoms with Crippen molar-refractivity contribution in [2.24, 2.45) is 0 Å². The van der Waals surface area contributed by atoms with Gasteiger partial charge in [0.05, 0.1) is 0 Å². The third-order valence-electron chi connectivity index (χ3n) is 11.4. The van der Waals surface area contributed by atoms with E-state index in [1.807, 2.05) is 7.05 Å². The largest absolute Gasteiger partial charge is 0.380 e. The zero-order valence-corrected chi connectivity index (χ0v) is 34.1. The fraction of sp³-hybridized carbons (Fsp3) is 0.231. The van der Waals surface area contributed by atoms with Crippen molar-refractivity contribution >= 4 is 39.2 Å². The first-order valence-electron chi connectivity index (χ1n) is 20.1. The number of anilines is 5. The summed E-state index contributed by atoms with van der Waals surface area (Å²) in [5.41, 5.74) is 18.3. The summed E-state index contributed by atoms with van der Waals surface area (Å²) >= 11 is 0. The molecule has 7 aromatic carbocycles. The average molecular weight is 737 g/mol. The van der Waals surface area contributed by atoms with E-state index in [0.29, 0.717) is 5.92 Å². The molecule has 7 rings (SSSR count). The van der Waals surface area contributed by atoms with Gasteiger partial charge in [-0.25, -0.2) is 0 Å². The zero-order chi connectivity index (χ0) is 39.2. The van der Waals surface area contributed by atoms with Gasteiger partial charge < -0.3 is 21.3 Å². The van der Waals surface area contributed by atoms with E-state index in [4.69, 9.17) is 0 Å². The number of aryl methyl sites for hydroxylation is 4. The number of fused-ring (bicyclic) bond motifs is 1. The minimum atomic E-state index is 0.0123. The molecule has 0 aliphatic rings. The summed E-state index contributed by atoms with van der Waals surface area (Å²) < 4.78 is 0. The molecule has 4 N–H and O–H groups in total. The molecular formula is C52H56N4. The summed E-state index contributed by atoms with van der Waals surface area (Å²) in [4.78, 5) is 0. The second-order valence-electron chi connectivity index (χ2n) is 15.5. The molecule has 0 aliphatic carbocycles. The number of nitrogens with one attached hydrogen (secondary N) is 4. The SMILES string of the molecule is CCC(C)c1ccc(CNc2ccc(C(c3ccc(Nc4c(C)cccc4C)cc3)c3ccc(Nc4c(C)cccc4C)cc3)c3ccc(CNC)cc23)cc1. The first kappa shape index (κ1) is 38.4. The Morgan fingerprint density at radius 3 is 1.50 bits per heavy atom. The summed E-state index contributed by atoms with van der Waals surface area (Å²) in [6, 6.07) is 51.6. The molecule has 0 saturated carbocycles. The third kappa shape index (κ3) is 8.51. The van der Waals surface area contributed by atoms with Crippen molar-refractivity contribution in [1.82, 2.24) is 5.32 Å². The highest BCUT2D eigenvalue weighted by Gasteiger charge is 2.21. The average Bonchev–Trinajstić information content (AvgIpc) is 3.21. The van der Waals surface area contributed by atoms with Gasteiger partial charge in [-0.15, -0.1) is 0 Å². The van der Waals surface area contributed by atoms with Gasteiger partial charge in [-0.05, 0) is 145 Å². The standard InChI is InChI=1S/C52H56N4/c1-8-34(2)41-18-15-39(16-19-41)33-54-49-30-29-47(46-28-17-40(32-53-7)31-48(46)49)50(42-20-24-44(25-21-42)55-51-35(3)11-9-12-36(51)4)43-22-26-45(27-23-43)56-52-37(5)13-10-14-38(52)6/h9-31,34,50,53-56H,8,32-33H2,1-7H3. The molecule has 0 fully saturated rings. The minimum absolute atomic E-state index is 0.0123. The van der Waals surface area contributed by atoms with E-state index < -0.39 is 0 Å². The fourth-order valence-electron chi connectivity index (χ4n) is 7.92. The molecular weight excluding hydrogens is 681 g/mol. The molecule has 0 radical (unpaired) electrons. The predicted molar refractivity (Wildman–Crippen MR) is 241 cm³/mol. The van der Waals surface area contributed by atoms with Crippen LogP contribution in [0.1, 0.15) is 87.7 Å². The molecule has 0 amide bonds. The number of benzene rings is 7. The number of para-hydroxylation sites is 2. The maximum atomic E-state index is 3.82. The summed E-state index contributed by atoms with van der Waals surface area (Å²) in [6.45, 7) is 14.8. The Kier molecular flexibility index (Phi) is 11.9. The molecule has 0 saturated heterocycles. The molecule has 56 heavy (non-hydrogen) atoms. The highest BCUT2D eigenvalue weighted by Crippen LogP contribution is 2.40. The second-order valence-corrected chi connectivity index (χ2v) is 15.5. The second kappa shape index (κ2) is 17.3. The molecule has 0 bridgehead atoms. The van der Waals surface area contributed by atoms with Gasteiger partial charge in [0.15, 0.2) is 0 Å². The first-order chi connectivity index (χ1) is 27.2. The summed E-state index contributed by atoms with van der Waals surface area (Å²) in [5, 5.41) is 17.1. The van der Waals surface area contributed by atoms with Crippen molar-refractivity contribution in [2.75, 3.05) is 23.0 Å². The smallest absolute Gasteiger partial charge is 0.0443 e. The van der Waals surface area contributed by atoms with Crippen LogP contribution in [0, 0.1) is 27.7 Å². The predicted octanol–water partition coefficient (Wildman–Crippen LogP) is 13.6. The lowest BCUT2D eigenvalue weighted by Crippen LogP contribution is -2.08. The van der Waals surface area contributed by atoms with Gasteiger partial charge in [0.2, 0.25) is 0 Å². The van der Waals surface area contributed by atoms with Crippen molar-refractivity contribution in [2.45, 2.75) is 72.9 Å². The number of hydrogen-bond acceptors (Lipinski definition) is 4. The Balaban J connectivity index is 1.28. The van der Waals surface area contributed by atoms with Gasteiger partial charge in [-0.2, -0.15) is 0 Å². The molecule has 0 spiro atoms. The van der Waals surface area contributed by atoms with Crippen LogP contribution in [0.3, 0.4) is 0 Å². The zero-order valence-electron chi connectivity index (χ0n) is 34.1. The fourth-order valence-corrected chi connectivity index (χ4v) is 7.92. The van der Waals surface area contributed by atoms with Crippen LogP contribution in [-0.4, -0.2) is 7.05 Å². The van der Waals surface area contributed by atoms with Crippen molar-refractivity contribution in [3.8, 4) is 0 Å². The highest BCUT2D eigenvalue weighted by atomic mass is 14.9. The number of rotatable bonds is 14. The molecule has 4 nitrogen and oxygen atoms in total. The van der Waals surface area contributed by atoms with E-state index in [0.717, 1.165) is 36.6 Å². The van der Waals surface area contributed by atoms with Crippen molar-refractivity contribution in [3.05, 3.63) is 195 Å². The van der Waals surface area contributed by atoms with Gasteiger partial charge >= 0.3 is 0 Å². The Bertz CT molecular complexity index is 2270. The lowest BCUT2D eigenvalue weighted by molar-refractivity contribution is 0.733. The highest BCUT2D eigenvalue weighted by molar-refractivity contribution is 5.97. The van der Waals surface area contributed by atoms with Crippen LogP contribution in [0.25, 0.3) is 10.8 Å². The van der Waals surface area contributed by atoms with Crippen LogP contribution in [0.15, 0.2) is 140 Å². The van der Waals surface area contributed by atoms with Gasteiger partial charge in [0, 0.05) is 52.8 Å². The normalized spacial score (nSPS) is 11.9. The molecule has 4 heteroatoms. The van der Waals surface area contributed by atoms with E-state index in [-0.39, 0.29) is 5.92 Å². The number of hydrogen-bond donors (Lipinski definition) is 4. The van der Waals surface area contributed by atoms with E-state index in [1.165, 1.54) is 77.8 Å². The van der Waals surface area contributed by atoms with E-state index in [2.05, 4.69) is 202 Å². The Labute approximate surface area is 334 Å². The minimum Gasteiger partial charge on any atom is -0.380 e. The van der Waals surface area contributed by atoms with E-state index in [9.17, 15) is 0 Å². The van der Waals surface area contributed by atoms with Crippen LogP contribution >= 0.6 is 0 Å². The molecule has 284 valence electrons. The molecule has 0 aromatic heterocycles. The van der Waals surface area contributed by atoms with E-state index in [1.54, 1.807) is 0 Å². The Morgan fingerprint density at radius 1 is 0.500 bits per heavy atom. The van der Waals surface area contributed by atoms with Gasteiger partial charge in [-0.3, -0.25) is 0 Å². The Hall–Kier alpha value is -5.84.